The van der Waals surface area contributed by atoms with E-state index in [4.69, 9.17) is 16.3 Å². The zero-order valence-electron chi connectivity index (χ0n) is 14.9. The van der Waals surface area contributed by atoms with Crippen LogP contribution in [0.2, 0.25) is 5.02 Å². The second-order valence-electron chi connectivity index (χ2n) is 5.89. The van der Waals surface area contributed by atoms with Gasteiger partial charge in [-0.25, -0.2) is 4.99 Å². The van der Waals surface area contributed by atoms with Crippen LogP contribution in [0.5, 0.6) is 5.75 Å². The molecule has 0 aromatic heterocycles. The molecule has 1 saturated heterocycles. The molecule has 138 valence electrons. The van der Waals surface area contributed by atoms with Crippen molar-refractivity contribution in [1.29, 1.82) is 0 Å². The maximum absolute atomic E-state index is 11.8. The Kier molecular flexibility index (Phi) is 7.85. The van der Waals surface area contributed by atoms with E-state index in [9.17, 15) is 4.79 Å². The summed E-state index contributed by atoms with van der Waals surface area (Å²) in [5.74, 6) is 1.71. The van der Waals surface area contributed by atoms with E-state index in [0.717, 1.165) is 37.8 Å². The Labute approximate surface area is 154 Å². The summed E-state index contributed by atoms with van der Waals surface area (Å²) in [5, 5.41) is 7.29. The third-order valence-corrected chi connectivity index (χ3v) is 4.19. The fourth-order valence-electron chi connectivity index (χ4n) is 2.72. The van der Waals surface area contributed by atoms with Gasteiger partial charge >= 0.3 is 0 Å². The molecule has 0 spiro atoms. The summed E-state index contributed by atoms with van der Waals surface area (Å²) in [6.45, 7) is 7.26. The number of carbonyl (C=O) groups is 1. The highest BCUT2D eigenvalue weighted by Crippen LogP contribution is 2.16. The van der Waals surface area contributed by atoms with E-state index >= 15 is 0 Å². The molecule has 1 aromatic rings. The van der Waals surface area contributed by atoms with Crippen LogP contribution in [0, 0.1) is 0 Å². The molecule has 25 heavy (non-hydrogen) atoms. The average Bonchev–Trinajstić information content (AvgIpc) is 3.07. The Bertz CT molecular complexity index is 594. The molecular formula is C18H27ClN4O2. The molecule has 1 aromatic carbocycles. The molecule has 0 radical (unpaired) electrons. The number of amides is 1. The predicted octanol–water partition coefficient (Wildman–Crippen LogP) is 2.28. The van der Waals surface area contributed by atoms with Crippen molar-refractivity contribution < 1.29 is 9.53 Å². The molecule has 2 rings (SSSR count). The van der Waals surface area contributed by atoms with Gasteiger partial charge in [-0.2, -0.15) is 0 Å². The number of benzene rings is 1. The molecule has 6 nitrogen and oxygen atoms in total. The number of ether oxygens (including phenoxy) is 1. The van der Waals surface area contributed by atoms with E-state index in [1.165, 1.54) is 0 Å². The molecule has 0 bridgehead atoms. The highest BCUT2D eigenvalue weighted by Gasteiger charge is 2.25. The fraction of sp³-hybridized carbons (Fsp3) is 0.556. The van der Waals surface area contributed by atoms with Gasteiger partial charge in [0.2, 0.25) is 5.91 Å². The number of likely N-dealkylation sites (tertiary alicyclic amines) is 1. The van der Waals surface area contributed by atoms with Gasteiger partial charge in [0.25, 0.3) is 0 Å². The second kappa shape index (κ2) is 10.1. The number of aliphatic imine (C=N–C) groups is 1. The fourth-order valence-corrected chi connectivity index (χ4v) is 2.90. The van der Waals surface area contributed by atoms with Crippen molar-refractivity contribution in [2.75, 3.05) is 32.8 Å². The molecular weight excluding hydrogens is 340 g/mol. The maximum Gasteiger partial charge on any atom is 0.222 e. The largest absolute Gasteiger partial charge is 0.492 e. The average molecular weight is 367 g/mol. The minimum absolute atomic E-state index is 0.209. The Balaban J connectivity index is 1.79. The summed E-state index contributed by atoms with van der Waals surface area (Å²) in [4.78, 5) is 18.2. The molecule has 1 heterocycles. The van der Waals surface area contributed by atoms with Crippen molar-refractivity contribution in [2.24, 2.45) is 4.99 Å². The first-order valence-electron chi connectivity index (χ1n) is 8.83. The lowest BCUT2D eigenvalue weighted by Gasteiger charge is -2.18. The van der Waals surface area contributed by atoms with Crippen LogP contribution in [-0.4, -0.2) is 55.6 Å². The van der Waals surface area contributed by atoms with Crippen LogP contribution >= 0.6 is 11.6 Å². The van der Waals surface area contributed by atoms with Crippen molar-refractivity contribution in [1.82, 2.24) is 15.5 Å². The first-order chi connectivity index (χ1) is 12.1. The monoisotopic (exact) mass is 366 g/mol. The summed E-state index contributed by atoms with van der Waals surface area (Å²) in [6, 6.07) is 7.56. The third kappa shape index (κ3) is 6.46. The number of rotatable bonds is 7. The Morgan fingerprint density at radius 2 is 2.28 bits per heavy atom. The summed E-state index contributed by atoms with van der Waals surface area (Å²) in [7, 11) is 0. The third-order valence-electron chi connectivity index (χ3n) is 3.95. The summed E-state index contributed by atoms with van der Waals surface area (Å²) in [6.07, 6.45) is 1.50. The van der Waals surface area contributed by atoms with E-state index in [2.05, 4.69) is 15.6 Å². The zero-order valence-corrected chi connectivity index (χ0v) is 15.7. The van der Waals surface area contributed by atoms with Crippen molar-refractivity contribution >= 4 is 23.5 Å². The van der Waals surface area contributed by atoms with Gasteiger partial charge in [0.1, 0.15) is 12.4 Å². The minimum atomic E-state index is 0.209. The van der Waals surface area contributed by atoms with Gasteiger partial charge < -0.3 is 20.3 Å². The second-order valence-corrected chi connectivity index (χ2v) is 6.33. The van der Waals surface area contributed by atoms with Crippen LogP contribution in [-0.2, 0) is 4.79 Å². The van der Waals surface area contributed by atoms with E-state index in [1.807, 2.05) is 36.9 Å². The van der Waals surface area contributed by atoms with E-state index < -0.39 is 0 Å². The van der Waals surface area contributed by atoms with Gasteiger partial charge in [-0.05, 0) is 31.5 Å². The predicted molar refractivity (Wildman–Crippen MR) is 101 cm³/mol. The molecule has 1 fully saturated rings. The number of nitrogens with one attached hydrogen (secondary N) is 2. The maximum atomic E-state index is 11.8. The lowest BCUT2D eigenvalue weighted by atomic mass is 10.3. The SMILES string of the molecule is CCNC(=NCCOc1cccc(Cl)c1)NC1CCN(C(=O)CC)C1. The van der Waals surface area contributed by atoms with Gasteiger partial charge in [-0.15, -0.1) is 0 Å². The van der Waals surface area contributed by atoms with Crippen molar-refractivity contribution in [3.63, 3.8) is 0 Å². The minimum Gasteiger partial charge on any atom is -0.492 e. The summed E-state index contributed by atoms with van der Waals surface area (Å²) < 4.78 is 5.65. The normalized spacial score (nSPS) is 17.5. The van der Waals surface area contributed by atoms with Crippen molar-refractivity contribution in [2.45, 2.75) is 32.7 Å². The van der Waals surface area contributed by atoms with E-state index in [-0.39, 0.29) is 11.9 Å². The smallest absolute Gasteiger partial charge is 0.222 e. The zero-order chi connectivity index (χ0) is 18.1. The molecule has 1 atom stereocenters. The van der Waals surface area contributed by atoms with Crippen molar-refractivity contribution in [3.8, 4) is 5.75 Å². The number of hydrogen-bond donors (Lipinski definition) is 2. The van der Waals surface area contributed by atoms with Crippen LogP contribution < -0.4 is 15.4 Å². The molecule has 1 aliphatic heterocycles. The molecule has 0 aliphatic carbocycles. The summed E-state index contributed by atoms with van der Waals surface area (Å²) >= 11 is 5.93. The first kappa shape index (κ1) is 19.4. The van der Waals surface area contributed by atoms with E-state index in [1.54, 1.807) is 6.07 Å². The van der Waals surface area contributed by atoms with E-state index in [0.29, 0.717) is 24.6 Å². The molecule has 1 aliphatic rings. The Morgan fingerprint density at radius 1 is 1.44 bits per heavy atom. The molecule has 0 saturated carbocycles. The Hall–Kier alpha value is -1.95. The van der Waals surface area contributed by atoms with Crippen LogP contribution in [0.1, 0.15) is 26.7 Å². The van der Waals surface area contributed by atoms with Crippen LogP contribution in [0.3, 0.4) is 0 Å². The van der Waals surface area contributed by atoms with Gasteiger partial charge in [0.05, 0.1) is 6.54 Å². The topological polar surface area (TPSA) is 66.0 Å². The lowest BCUT2D eigenvalue weighted by Crippen LogP contribution is -2.45. The molecule has 2 N–H and O–H groups in total. The van der Waals surface area contributed by atoms with Gasteiger partial charge in [-0.1, -0.05) is 24.6 Å². The highest BCUT2D eigenvalue weighted by molar-refractivity contribution is 6.30. The van der Waals surface area contributed by atoms with Crippen LogP contribution in [0.4, 0.5) is 0 Å². The number of guanidine groups is 1. The number of halogens is 1. The number of hydrogen-bond acceptors (Lipinski definition) is 3. The first-order valence-corrected chi connectivity index (χ1v) is 9.21. The standard InChI is InChI=1S/C18H27ClN4O2/c1-3-17(24)23-10-8-15(13-23)22-18(20-4-2)21-9-11-25-16-7-5-6-14(19)12-16/h5-7,12,15H,3-4,8-11,13H2,1-2H3,(H2,20,21,22). The molecule has 7 heteroatoms. The molecule has 1 amide bonds. The Morgan fingerprint density at radius 3 is 3.00 bits per heavy atom. The quantitative estimate of drug-likeness (QED) is 0.441. The van der Waals surface area contributed by atoms with Gasteiger partial charge in [0.15, 0.2) is 5.96 Å². The van der Waals surface area contributed by atoms with Crippen LogP contribution in [0.25, 0.3) is 0 Å². The highest BCUT2D eigenvalue weighted by atomic mass is 35.5. The van der Waals surface area contributed by atoms with Crippen LogP contribution in [0.15, 0.2) is 29.3 Å². The number of carbonyl (C=O) groups excluding carboxylic acids is 1. The lowest BCUT2D eigenvalue weighted by molar-refractivity contribution is -0.129. The number of nitrogens with zero attached hydrogens (tertiary/aromatic N) is 2. The van der Waals surface area contributed by atoms with Gasteiger partial charge in [-0.3, -0.25) is 4.79 Å². The van der Waals surface area contributed by atoms with Gasteiger partial charge in [0, 0.05) is 37.1 Å². The summed E-state index contributed by atoms with van der Waals surface area (Å²) in [5.41, 5.74) is 0. The molecule has 1 unspecified atom stereocenters. The van der Waals surface area contributed by atoms with Crippen molar-refractivity contribution in [3.05, 3.63) is 29.3 Å².